The van der Waals surface area contributed by atoms with Gasteiger partial charge in [0, 0.05) is 12.3 Å². The minimum absolute atomic E-state index is 0.110. The Kier molecular flexibility index (Phi) is 6.30. The van der Waals surface area contributed by atoms with Crippen LogP contribution in [0.1, 0.15) is 27.4 Å². The third-order valence-electron chi connectivity index (χ3n) is 4.52. The van der Waals surface area contributed by atoms with E-state index in [1.54, 1.807) is 41.1 Å². The van der Waals surface area contributed by atoms with Crippen molar-refractivity contribution in [3.63, 3.8) is 0 Å². The molecule has 2 aromatic carbocycles. The lowest BCUT2D eigenvalue weighted by molar-refractivity contribution is 0.0992. The molecule has 0 aliphatic rings. The molecule has 0 aliphatic carbocycles. The Balaban J connectivity index is 1.34. The van der Waals surface area contributed by atoms with Gasteiger partial charge < -0.3 is 14.5 Å². The van der Waals surface area contributed by atoms with Gasteiger partial charge in [0.05, 0.1) is 11.6 Å². The van der Waals surface area contributed by atoms with Crippen LogP contribution < -0.4 is 10.1 Å². The maximum atomic E-state index is 12.5. The molecule has 31 heavy (non-hydrogen) atoms. The molecule has 1 N–H and O–H groups in total. The summed E-state index contributed by atoms with van der Waals surface area (Å²) >= 11 is 12.1. The van der Waals surface area contributed by atoms with Gasteiger partial charge in [0.1, 0.15) is 23.1 Å². The van der Waals surface area contributed by atoms with Crippen LogP contribution in [0.15, 0.2) is 71.3 Å². The van der Waals surface area contributed by atoms with E-state index in [-0.39, 0.29) is 12.4 Å². The Morgan fingerprint density at radius 1 is 1.10 bits per heavy atom. The third-order valence-corrected chi connectivity index (χ3v) is 5.32. The van der Waals surface area contributed by atoms with Crippen molar-refractivity contribution in [3.05, 3.63) is 99.6 Å². The first-order chi connectivity index (χ1) is 15.0. The highest BCUT2D eigenvalue weighted by molar-refractivity contribution is 6.42. The van der Waals surface area contributed by atoms with Crippen molar-refractivity contribution in [1.29, 1.82) is 0 Å². The number of carbonyl (C=O) groups is 1. The summed E-state index contributed by atoms with van der Waals surface area (Å²) in [5, 5.41) is 7.85. The van der Waals surface area contributed by atoms with Crippen molar-refractivity contribution in [2.75, 3.05) is 5.32 Å². The number of ether oxygens (including phenoxy) is 1. The molecule has 0 atom stereocenters. The summed E-state index contributed by atoms with van der Waals surface area (Å²) in [6.07, 6.45) is 1.81. The van der Waals surface area contributed by atoms with Gasteiger partial charge in [-0.25, -0.2) is 0 Å². The lowest BCUT2D eigenvalue weighted by atomic mass is 10.1. The molecular weight excluding hydrogens is 437 g/mol. The number of aromatic nitrogens is 2. The Hall–Kier alpha value is -3.22. The number of nitrogens with one attached hydrogen (secondary N) is 1. The van der Waals surface area contributed by atoms with E-state index in [0.717, 1.165) is 5.56 Å². The number of nitrogens with zero attached hydrogens (tertiary/aromatic N) is 2. The number of carbonyl (C=O) groups excluding carboxylic acids is 1. The molecule has 8 heteroatoms. The number of furan rings is 1. The summed E-state index contributed by atoms with van der Waals surface area (Å²) in [5.74, 6) is 1.12. The van der Waals surface area contributed by atoms with E-state index in [2.05, 4.69) is 34.7 Å². The maximum absolute atomic E-state index is 12.5. The number of anilines is 1. The van der Waals surface area contributed by atoms with Crippen LogP contribution >= 0.6 is 23.2 Å². The number of hydrogen-bond acceptors (Lipinski definition) is 4. The lowest BCUT2D eigenvalue weighted by Gasteiger charge is -2.07. The Morgan fingerprint density at radius 3 is 2.71 bits per heavy atom. The topological polar surface area (TPSA) is 69.3 Å². The number of benzene rings is 2. The van der Waals surface area contributed by atoms with E-state index in [9.17, 15) is 4.79 Å². The molecule has 0 aliphatic heterocycles. The Labute approximate surface area is 189 Å². The smallest absolute Gasteiger partial charge is 0.292 e. The van der Waals surface area contributed by atoms with Crippen molar-refractivity contribution in [3.8, 4) is 5.75 Å². The van der Waals surface area contributed by atoms with E-state index < -0.39 is 5.91 Å². The highest BCUT2D eigenvalue weighted by Crippen LogP contribution is 2.32. The highest BCUT2D eigenvalue weighted by atomic mass is 35.5. The van der Waals surface area contributed by atoms with Crippen molar-refractivity contribution < 1.29 is 13.9 Å². The van der Waals surface area contributed by atoms with Crippen LogP contribution in [0.2, 0.25) is 10.0 Å². The van der Waals surface area contributed by atoms with Gasteiger partial charge in [0.15, 0.2) is 11.6 Å². The van der Waals surface area contributed by atoms with Gasteiger partial charge in [-0.15, -0.1) is 0 Å². The summed E-state index contributed by atoms with van der Waals surface area (Å²) in [5.41, 5.74) is 2.33. The molecule has 4 aromatic rings. The predicted molar refractivity (Wildman–Crippen MR) is 120 cm³/mol. The van der Waals surface area contributed by atoms with Crippen LogP contribution in [0.5, 0.6) is 5.75 Å². The fraction of sp³-hybridized carbons (Fsp3) is 0.130. The number of amides is 1. The molecular formula is C23H19Cl2N3O3. The van der Waals surface area contributed by atoms with Gasteiger partial charge in [-0.05, 0) is 36.8 Å². The van der Waals surface area contributed by atoms with Crippen LogP contribution in [0.3, 0.4) is 0 Å². The quantitative estimate of drug-likeness (QED) is 0.372. The first-order valence-electron chi connectivity index (χ1n) is 9.54. The summed E-state index contributed by atoms with van der Waals surface area (Å²) < 4.78 is 13.0. The second-order valence-electron chi connectivity index (χ2n) is 6.94. The molecule has 158 valence electrons. The van der Waals surface area contributed by atoms with Crippen molar-refractivity contribution in [1.82, 2.24) is 9.78 Å². The fourth-order valence-electron chi connectivity index (χ4n) is 2.90. The molecule has 0 spiro atoms. The molecule has 0 bridgehead atoms. The molecule has 1 amide bonds. The zero-order chi connectivity index (χ0) is 21.8. The molecule has 6 nitrogen and oxygen atoms in total. The van der Waals surface area contributed by atoms with Crippen LogP contribution in [-0.2, 0) is 13.2 Å². The van der Waals surface area contributed by atoms with Crippen molar-refractivity contribution >= 4 is 34.9 Å². The molecule has 0 fully saturated rings. The number of rotatable bonds is 7. The lowest BCUT2D eigenvalue weighted by Crippen LogP contribution is -2.12. The first kappa shape index (κ1) is 21.0. The molecule has 0 saturated carbocycles. The van der Waals surface area contributed by atoms with E-state index in [0.29, 0.717) is 33.9 Å². The molecule has 0 unspecified atom stereocenters. The van der Waals surface area contributed by atoms with Gasteiger partial charge in [0.25, 0.3) is 5.91 Å². The van der Waals surface area contributed by atoms with E-state index in [1.165, 1.54) is 5.56 Å². The average molecular weight is 456 g/mol. The van der Waals surface area contributed by atoms with Gasteiger partial charge in [-0.1, -0.05) is 59.1 Å². The Bertz CT molecular complexity index is 1200. The first-order valence-corrected chi connectivity index (χ1v) is 10.3. The second kappa shape index (κ2) is 9.29. The van der Waals surface area contributed by atoms with Crippen molar-refractivity contribution in [2.45, 2.75) is 20.1 Å². The number of halogens is 2. The number of hydrogen-bond donors (Lipinski definition) is 1. The Morgan fingerprint density at radius 2 is 1.90 bits per heavy atom. The van der Waals surface area contributed by atoms with E-state index >= 15 is 0 Å². The molecule has 2 aromatic heterocycles. The van der Waals surface area contributed by atoms with Crippen LogP contribution in [0, 0.1) is 6.92 Å². The third kappa shape index (κ3) is 5.29. The summed E-state index contributed by atoms with van der Waals surface area (Å²) in [4.78, 5) is 12.5. The summed E-state index contributed by atoms with van der Waals surface area (Å²) in [7, 11) is 0. The van der Waals surface area contributed by atoms with E-state index in [4.69, 9.17) is 32.4 Å². The van der Waals surface area contributed by atoms with E-state index in [1.807, 2.05) is 13.1 Å². The zero-order valence-electron chi connectivity index (χ0n) is 16.6. The normalized spacial score (nSPS) is 10.8. The minimum atomic E-state index is -0.396. The maximum Gasteiger partial charge on any atom is 0.292 e. The van der Waals surface area contributed by atoms with Gasteiger partial charge in [-0.3, -0.25) is 9.48 Å². The molecule has 0 saturated heterocycles. The summed E-state index contributed by atoms with van der Waals surface area (Å²) in [6.45, 7) is 2.77. The average Bonchev–Trinajstić information content (AvgIpc) is 3.40. The zero-order valence-corrected chi connectivity index (χ0v) is 18.2. The van der Waals surface area contributed by atoms with Gasteiger partial charge in [-0.2, -0.15) is 5.10 Å². The minimum Gasteiger partial charge on any atom is -0.484 e. The number of aryl methyl sites for hydroxylation is 1. The van der Waals surface area contributed by atoms with Crippen LogP contribution in [0.4, 0.5) is 5.82 Å². The molecule has 0 radical (unpaired) electrons. The van der Waals surface area contributed by atoms with Crippen LogP contribution in [-0.4, -0.2) is 15.7 Å². The van der Waals surface area contributed by atoms with Gasteiger partial charge in [0.2, 0.25) is 0 Å². The fourth-order valence-corrected chi connectivity index (χ4v) is 3.24. The van der Waals surface area contributed by atoms with Crippen LogP contribution in [0.25, 0.3) is 0 Å². The standard InChI is InChI=1S/C23H19Cl2N3O3/c1-15-5-7-16(8-6-15)13-28-12-11-21(27-28)26-23(29)20-10-9-17(31-20)14-30-19-4-2-3-18(24)22(19)25/h2-12H,13-14H2,1H3,(H,26,27,29). The highest BCUT2D eigenvalue weighted by Gasteiger charge is 2.14. The monoisotopic (exact) mass is 455 g/mol. The summed E-state index contributed by atoms with van der Waals surface area (Å²) in [6, 6.07) is 18.3. The second-order valence-corrected chi connectivity index (χ2v) is 7.73. The molecule has 2 heterocycles. The molecule has 4 rings (SSSR count). The SMILES string of the molecule is Cc1ccc(Cn2ccc(NC(=O)c3ccc(COc4cccc(Cl)c4Cl)o3)n2)cc1. The predicted octanol–water partition coefficient (Wildman–Crippen LogP) is 5.97. The van der Waals surface area contributed by atoms with Crippen molar-refractivity contribution in [2.24, 2.45) is 0 Å². The van der Waals surface area contributed by atoms with Gasteiger partial charge >= 0.3 is 0 Å². The largest absolute Gasteiger partial charge is 0.484 e.